The summed E-state index contributed by atoms with van der Waals surface area (Å²) in [6.07, 6.45) is -3.52. The Morgan fingerprint density at radius 3 is 2.46 bits per heavy atom. The van der Waals surface area contributed by atoms with Gasteiger partial charge in [-0.2, -0.15) is 13.2 Å². The number of amides is 2. The summed E-state index contributed by atoms with van der Waals surface area (Å²) in [4.78, 5) is 16.2. The number of anilines is 1. The van der Waals surface area contributed by atoms with Crippen molar-refractivity contribution >= 4 is 23.3 Å². The summed E-state index contributed by atoms with van der Waals surface area (Å²) < 4.78 is 38.6. The van der Waals surface area contributed by atoms with Crippen LogP contribution in [0.2, 0.25) is 5.02 Å². The summed E-state index contributed by atoms with van der Waals surface area (Å²) >= 11 is 5.58. The fourth-order valence-corrected chi connectivity index (χ4v) is 2.87. The van der Waals surface area contributed by atoms with Crippen molar-refractivity contribution < 1.29 is 18.0 Å². The molecule has 8 heteroatoms. The Labute approximate surface area is 144 Å². The smallest absolute Gasteiger partial charge is 0.322 e. The SMILES string of the molecule is CCC(C)N1CCN(C(=O)Nc2ccc(Cl)c(C(F)(F)F)c2)CC1. The molecule has 24 heavy (non-hydrogen) atoms. The van der Waals surface area contributed by atoms with Gasteiger partial charge in [0.25, 0.3) is 0 Å². The van der Waals surface area contributed by atoms with Crippen LogP contribution in [-0.2, 0) is 6.18 Å². The van der Waals surface area contributed by atoms with Crippen LogP contribution in [0.25, 0.3) is 0 Å². The number of urea groups is 1. The van der Waals surface area contributed by atoms with Crippen molar-refractivity contribution in [3.8, 4) is 0 Å². The molecule has 0 aliphatic carbocycles. The van der Waals surface area contributed by atoms with Crippen LogP contribution >= 0.6 is 11.6 Å². The van der Waals surface area contributed by atoms with Crippen molar-refractivity contribution in [1.29, 1.82) is 0 Å². The van der Waals surface area contributed by atoms with Gasteiger partial charge in [0.1, 0.15) is 0 Å². The summed E-state index contributed by atoms with van der Waals surface area (Å²) in [5, 5.41) is 2.13. The van der Waals surface area contributed by atoms with Crippen molar-refractivity contribution in [3.05, 3.63) is 28.8 Å². The van der Waals surface area contributed by atoms with Crippen LogP contribution in [0, 0.1) is 0 Å². The summed E-state index contributed by atoms with van der Waals surface area (Å²) in [6, 6.07) is 3.43. The van der Waals surface area contributed by atoms with E-state index >= 15 is 0 Å². The van der Waals surface area contributed by atoms with Gasteiger partial charge in [-0.1, -0.05) is 18.5 Å². The number of carbonyl (C=O) groups is 1. The summed E-state index contributed by atoms with van der Waals surface area (Å²) in [5.41, 5.74) is -0.871. The molecule has 2 rings (SSSR count). The molecule has 1 fully saturated rings. The van der Waals surface area contributed by atoms with Crippen molar-refractivity contribution in [1.82, 2.24) is 9.80 Å². The third-order valence-corrected chi connectivity index (χ3v) is 4.67. The molecule has 1 aliphatic rings. The third kappa shape index (κ3) is 4.54. The van der Waals surface area contributed by atoms with E-state index in [1.807, 2.05) is 0 Å². The van der Waals surface area contributed by atoms with E-state index < -0.39 is 17.8 Å². The molecule has 1 unspecified atom stereocenters. The second-order valence-electron chi connectivity index (χ2n) is 5.90. The molecule has 4 nitrogen and oxygen atoms in total. The van der Waals surface area contributed by atoms with Crippen LogP contribution in [0.5, 0.6) is 0 Å². The fourth-order valence-electron chi connectivity index (χ4n) is 2.65. The first-order valence-electron chi connectivity index (χ1n) is 7.89. The van der Waals surface area contributed by atoms with Crippen molar-refractivity contribution in [2.75, 3.05) is 31.5 Å². The van der Waals surface area contributed by atoms with Crippen LogP contribution in [0.15, 0.2) is 18.2 Å². The lowest BCUT2D eigenvalue weighted by molar-refractivity contribution is -0.137. The van der Waals surface area contributed by atoms with Gasteiger partial charge in [0, 0.05) is 37.9 Å². The Morgan fingerprint density at radius 1 is 1.29 bits per heavy atom. The van der Waals surface area contributed by atoms with Gasteiger partial charge in [-0.25, -0.2) is 4.79 Å². The Balaban J connectivity index is 1.99. The topological polar surface area (TPSA) is 35.6 Å². The Hall–Kier alpha value is -1.47. The maximum Gasteiger partial charge on any atom is 0.417 e. The molecule has 0 bridgehead atoms. The minimum atomic E-state index is -4.56. The zero-order valence-corrected chi connectivity index (χ0v) is 14.4. The highest BCUT2D eigenvalue weighted by Crippen LogP contribution is 2.36. The van der Waals surface area contributed by atoms with E-state index in [4.69, 9.17) is 11.6 Å². The van der Waals surface area contributed by atoms with Crippen molar-refractivity contribution in [2.45, 2.75) is 32.5 Å². The number of nitrogens with one attached hydrogen (secondary N) is 1. The Kier molecular flexibility index (Phi) is 5.98. The number of piperazine rings is 1. The molecule has 1 aliphatic heterocycles. The Morgan fingerprint density at radius 2 is 1.92 bits per heavy atom. The molecule has 1 aromatic rings. The number of benzene rings is 1. The number of halogens is 4. The maximum atomic E-state index is 12.9. The number of hydrogen-bond donors (Lipinski definition) is 1. The lowest BCUT2D eigenvalue weighted by Crippen LogP contribution is -2.52. The van der Waals surface area contributed by atoms with Crippen LogP contribution in [0.1, 0.15) is 25.8 Å². The van der Waals surface area contributed by atoms with Gasteiger partial charge in [0.2, 0.25) is 0 Å². The van der Waals surface area contributed by atoms with Gasteiger partial charge in [-0.15, -0.1) is 0 Å². The number of rotatable bonds is 3. The first kappa shape index (κ1) is 18.9. The van der Waals surface area contributed by atoms with Gasteiger partial charge < -0.3 is 10.2 Å². The molecule has 1 atom stereocenters. The van der Waals surface area contributed by atoms with E-state index in [1.165, 1.54) is 6.07 Å². The largest absolute Gasteiger partial charge is 0.417 e. The summed E-state index contributed by atoms with van der Waals surface area (Å²) in [5.74, 6) is 0. The lowest BCUT2D eigenvalue weighted by Gasteiger charge is -2.37. The first-order chi connectivity index (χ1) is 11.2. The highest BCUT2D eigenvalue weighted by atomic mass is 35.5. The molecular weight excluding hydrogens is 343 g/mol. The van der Waals surface area contributed by atoms with E-state index in [1.54, 1.807) is 4.90 Å². The van der Waals surface area contributed by atoms with Gasteiger partial charge >= 0.3 is 12.2 Å². The highest BCUT2D eigenvalue weighted by molar-refractivity contribution is 6.31. The minimum Gasteiger partial charge on any atom is -0.322 e. The molecule has 0 spiro atoms. The molecule has 1 heterocycles. The molecule has 1 aromatic carbocycles. The third-order valence-electron chi connectivity index (χ3n) is 4.34. The molecule has 0 saturated carbocycles. The summed E-state index contributed by atoms with van der Waals surface area (Å²) in [7, 11) is 0. The zero-order chi connectivity index (χ0) is 17.9. The number of alkyl halides is 3. The number of carbonyl (C=O) groups excluding carboxylic acids is 1. The summed E-state index contributed by atoms with van der Waals surface area (Å²) in [6.45, 7) is 6.88. The van der Waals surface area contributed by atoms with Crippen LogP contribution in [0.4, 0.5) is 23.7 Å². The first-order valence-corrected chi connectivity index (χ1v) is 8.27. The molecule has 2 amide bonds. The Bertz CT molecular complexity index is 586. The zero-order valence-electron chi connectivity index (χ0n) is 13.7. The van der Waals surface area contributed by atoms with E-state index in [9.17, 15) is 18.0 Å². The standard InChI is InChI=1S/C16H21ClF3N3O/c1-3-11(2)22-6-8-23(9-7-22)15(24)21-12-4-5-14(17)13(10-12)16(18,19)20/h4-5,10-11H,3,6-9H2,1-2H3,(H,21,24). The monoisotopic (exact) mass is 363 g/mol. The molecule has 1 saturated heterocycles. The molecule has 134 valence electrons. The van der Waals surface area contributed by atoms with Crippen LogP contribution in [-0.4, -0.2) is 48.1 Å². The second kappa shape index (κ2) is 7.61. The molecule has 0 aromatic heterocycles. The van der Waals surface area contributed by atoms with E-state index in [-0.39, 0.29) is 10.7 Å². The van der Waals surface area contributed by atoms with Gasteiger partial charge in [-0.3, -0.25) is 4.90 Å². The van der Waals surface area contributed by atoms with Gasteiger partial charge in [-0.05, 0) is 31.5 Å². The van der Waals surface area contributed by atoms with Crippen LogP contribution < -0.4 is 5.32 Å². The van der Waals surface area contributed by atoms with Crippen molar-refractivity contribution in [3.63, 3.8) is 0 Å². The maximum absolute atomic E-state index is 12.9. The average Bonchev–Trinajstić information content (AvgIpc) is 2.55. The second-order valence-corrected chi connectivity index (χ2v) is 6.31. The number of nitrogens with zero attached hydrogens (tertiary/aromatic N) is 2. The van der Waals surface area contributed by atoms with E-state index in [0.29, 0.717) is 19.1 Å². The van der Waals surface area contributed by atoms with Crippen LogP contribution in [0.3, 0.4) is 0 Å². The average molecular weight is 364 g/mol. The van der Waals surface area contributed by atoms with Gasteiger partial charge in [0.05, 0.1) is 10.6 Å². The predicted octanol–water partition coefficient (Wildman–Crippen LogP) is 4.31. The van der Waals surface area contributed by atoms with E-state index in [0.717, 1.165) is 31.6 Å². The fraction of sp³-hybridized carbons (Fsp3) is 0.562. The molecule has 0 radical (unpaired) electrons. The predicted molar refractivity (Wildman–Crippen MR) is 88.4 cm³/mol. The quantitative estimate of drug-likeness (QED) is 0.868. The van der Waals surface area contributed by atoms with Crippen molar-refractivity contribution in [2.24, 2.45) is 0 Å². The number of hydrogen-bond acceptors (Lipinski definition) is 2. The minimum absolute atomic E-state index is 0.0843. The molecular formula is C16H21ClF3N3O. The van der Waals surface area contributed by atoms with Gasteiger partial charge in [0.15, 0.2) is 0 Å². The highest BCUT2D eigenvalue weighted by Gasteiger charge is 2.33. The van der Waals surface area contributed by atoms with E-state index in [2.05, 4.69) is 24.1 Å². The lowest BCUT2D eigenvalue weighted by atomic mass is 10.2. The normalized spacial score (nSPS) is 17.7. The molecule has 1 N–H and O–H groups in total.